The minimum atomic E-state index is -0.119. The molecule has 0 aromatic heterocycles. The minimum Gasteiger partial charge on any atom is -1.00 e. The van der Waals surface area contributed by atoms with Gasteiger partial charge in [0.25, 0.3) is 0 Å². The Morgan fingerprint density at radius 1 is 1.23 bits per heavy atom. The third-order valence-corrected chi connectivity index (χ3v) is 1.51. The van der Waals surface area contributed by atoms with E-state index in [1.54, 1.807) is 18.2 Å². The van der Waals surface area contributed by atoms with Crippen molar-refractivity contribution >= 4 is 5.76 Å². The number of hydrogen-bond acceptors (Lipinski definition) is 1. The second-order valence-electron chi connectivity index (χ2n) is 2.21. The zero-order valence-electron chi connectivity index (χ0n) is 6.79. The summed E-state index contributed by atoms with van der Waals surface area (Å²) in [5.74, 6) is 0.489. The van der Waals surface area contributed by atoms with Crippen molar-refractivity contribution in [1.29, 1.82) is 0 Å². The van der Waals surface area contributed by atoms with Crippen molar-refractivity contribution in [1.82, 2.24) is 0 Å². The first kappa shape index (κ1) is 12.3. The Morgan fingerprint density at radius 2 is 1.92 bits per heavy atom. The second-order valence-corrected chi connectivity index (χ2v) is 2.21. The monoisotopic (exact) mass is 244 g/mol. The molecule has 1 aliphatic heterocycles. The van der Waals surface area contributed by atoms with Gasteiger partial charge < -0.3 is 17.1 Å². The Labute approximate surface area is 95.1 Å². The fourth-order valence-corrected chi connectivity index (χ4v) is 0.981. The first-order valence-electron chi connectivity index (χ1n) is 3.26. The largest absolute Gasteiger partial charge is 1.00 e. The maximum absolute atomic E-state index is 11.1. The van der Waals surface area contributed by atoms with E-state index in [2.05, 4.69) is 5.73 Å². The standard InChI is InChI=1S/C9H5O2.ClH.Zn/c10-8-5-6-11-9-4-2-1-3-7(8)9;;/h1-4,6H;1H;/p-1. The predicted molar refractivity (Wildman–Crippen MR) is 39.2 cm³/mol. The molecule has 1 aromatic carbocycles. The Hall–Kier alpha value is -0.747. The molecule has 1 aromatic rings. The van der Waals surface area contributed by atoms with Crippen LogP contribution in [-0.2, 0) is 24.6 Å². The van der Waals surface area contributed by atoms with Crippen molar-refractivity contribution in [2.45, 2.75) is 0 Å². The molecule has 1 radical (unpaired) electrons. The van der Waals surface area contributed by atoms with Crippen LogP contribution in [0.5, 0.6) is 5.75 Å². The van der Waals surface area contributed by atoms with Gasteiger partial charge in [0.2, 0.25) is 5.76 Å². The molecule has 2 rings (SSSR count). The van der Waals surface area contributed by atoms with Crippen LogP contribution in [0.4, 0.5) is 0 Å². The maximum atomic E-state index is 11.1. The summed E-state index contributed by atoms with van der Waals surface area (Å²) in [5, 5.41) is 11.1. The van der Waals surface area contributed by atoms with E-state index in [4.69, 9.17) is 4.74 Å². The van der Waals surface area contributed by atoms with Crippen molar-refractivity contribution in [2.24, 2.45) is 0 Å². The quantitative estimate of drug-likeness (QED) is 0.425. The molecular formula is C9H5ClO2Zn-. The zero-order valence-corrected chi connectivity index (χ0v) is 10.5. The van der Waals surface area contributed by atoms with Gasteiger partial charge in [-0.15, -0.1) is 0 Å². The van der Waals surface area contributed by atoms with Gasteiger partial charge in [-0.2, -0.15) is 0 Å². The average Bonchev–Trinajstić information content (AvgIpc) is 2.06. The fourth-order valence-electron chi connectivity index (χ4n) is 0.981. The number of benzene rings is 1. The van der Waals surface area contributed by atoms with Crippen LogP contribution in [0, 0.1) is 0 Å². The third kappa shape index (κ3) is 2.35. The number of halogens is 1. The summed E-state index contributed by atoms with van der Waals surface area (Å²) in [6.45, 7) is 0. The van der Waals surface area contributed by atoms with Gasteiger partial charge in [-0.3, -0.25) is 5.11 Å². The van der Waals surface area contributed by atoms with Gasteiger partial charge in [0.15, 0.2) is 0 Å². The molecule has 0 aliphatic carbocycles. The van der Waals surface area contributed by atoms with Gasteiger partial charge >= 0.3 is 0 Å². The average molecular weight is 246 g/mol. The molecule has 63 valence electrons. The third-order valence-electron chi connectivity index (χ3n) is 1.51. The van der Waals surface area contributed by atoms with Crippen molar-refractivity contribution in [3.8, 4) is 5.75 Å². The Balaban J connectivity index is 0.000000720. The molecular weight excluding hydrogens is 241 g/mol. The summed E-state index contributed by atoms with van der Waals surface area (Å²) in [6.07, 6.45) is 1.28. The van der Waals surface area contributed by atoms with E-state index >= 15 is 0 Å². The number of ether oxygens (including phenoxy) is 1. The SMILES string of the molecule is [Cl-].[O]C1=C=COc2ccccc21.[Zn]. The number of hydrogen-bond donors (Lipinski definition) is 0. The zero-order chi connectivity index (χ0) is 7.68. The van der Waals surface area contributed by atoms with E-state index in [1.807, 2.05) is 6.07 Å². The molecule has 4 heteroatoms. The minimum absolute atomic E-state index is 0. The summed E-state index contributed by atoms with van der Waals surface area (Å²) in [5.41, 5.74) is 3.03. The molecule has 0 atom stereocenters. The molecule has 0 amide bonds. The topological polar surface area (TPSA) is 29.1 Å². The van der Waals surface area contributed by atoms with Gasteiger partial charge in [0.05, 0.1) is 5.56 Å². The van der Waals surface area contributed by atoms with E-state index in [1.165, 1.54) is 6.26 Å². The van der Waals surface area contributed by atoms with E-state index in [0.29, 0.717) is 11.3 Å². The van der Waals surface area contributed by atoms with Crippen LogP contribution in [0.25, 0.3) is 5.76 Å². The first-order valence-corrected chi connectivity index (χ1v) is 3.26. The molecule has 0 fully saturated rings. The first-order chi connectivity index (χ1) is 5.38. The van der Waals surface area contributed by atoms with Gasteiger partial charge in [0.1, 0.15) is 12.0 Å². The van der Waals surface area contributed by atoms with Crippen molar-refractivity contribution in [2.75, 3.05) is 0 Å². The molecule has 13 heavy (non-hydrogen) atoms. The Bertz CT molecular complexity index is 356. The normalized spacial score (nSPS) is 11.2. The van der Waals surface area contributed by atoms with Crippen LogP contribution < -0.4 is 17.1 Å². The number of fused-ring (bicyclic) bond motifs is 1. The molecule has 0 unspecified atom stereocenters. The molecule has 1 aliphatic rings. The van der Waals surface area contributed by atoms with E-state index in [9.17, 15) is 5.11 Å². The van der Waals surface area contributed by atoms with Crippen LogP contribution in [0.15, 0.2) is 36.3 Å². The summed E-state index contributed by atoms with van der Waals surface area (Å²) >= 11 is 0. The van der Waals surface area contributed by atoms with Crippen molar-refractivity contribution < 1.29 is 41.7 Å². The van der Waals surface area contributed by atoms with Crippen LogP contribution in [0.3, 0.4) is 0 Å². The van der Waals surface area contributed by atoms with Crippen LogP contribution in [0.1, 0.15) is 5.56 Å². The summed E-state index contributed by atoms with van der Waals surface area (Å²) in [6, 6.07) is 7.10. The molecule has 0 spiro atoms. The fraction of sp³-hybridized carbons (Fsp3) is 0. The van der Waals surface area contributed by atoms with Gasteiger partial charge in [0, 0.05) is 19.5 Å². The van der Waals surface area contributed by atoms with Crippen LogP contribution in [-0.4, -0.2) is 0 Å². The van der Waals surface area contributed by atoms with Gasteiger partial charge in [-0.05, 0) is 17.9 Å². The summed E-state index contributed by atoms with van der Waals surface area (Å²) in [4.78, 5) is 0. The second kappa shape index (κ2) is 5.08. The Morgan fingerprint density at radius 3 is 2.62 bits per heavy atom. The van der Waals surface area contributed by atoms with Gasteiger partial charge in [-0.25, -0.2) is 0 Å². The smallest absolute Gasteiger partial charge is 0.235 e. The summed E-state index contributed by atoms with van der Waals surface area (Å²) < 4.78 is 5.04. The van der Waals surface area contributed by atoms with E-state index in [0.717, 1.165) is 0 Å². The van der Waals surface area contributed by atoms with Crippen molar-refractivity contribution in [3.63, 3.8) is 0 Å². The summed E-state index contributed by atoms with van der Waals surface area (Å²) in [7, 11) is 0. The molecule has 0 saturated heterocycles. The van der Waals surface area contributed by atoms with Crippen LogP contribution in [0.2, 0.25) is 0 Å². The van der Waals surface area contributed by atoms with E-state index in [-0.39, 0.29) is 37.6 Å². The maximum Gasteiger partial charge on any atom is 0.235 e. The molecule has 2 nitrogen and oxygen atoms in total. The molecule has 0 N–H and O–H groups in total. The Kier molecular flexibility index (Phi) is 4.79. The van der Waals surface area contributed by atoms with Crippen molar-refractivity contribution in [3.05, 3.63) is 41.8 Å². The molecule has 0 saturated carbocycles. The molecule has 0 bridgehead atoms. The number of rotatable bonds is 0. The van der Waals surface area contributed by atoms with Gasteiger partial charge in [-0.1, -0.05) is 12.1 Å². The van der Waals surface area contributed by atoms with Crippen LogP contribution >= 0.6 is 0 Å². The predicted octanol–water partition coefficient (Wildman–Crippen LogP) is -1.04. The number of para-hydroxylation sites is 1. The molecule has 1 heterocycles. The van der Waals surface area contributed by atoms with E-state index < -0.39 is 0 Å².